The number of benzene rings is 1. The monoisotopic (exact) mass is 346 g/mol. The number of sulfonamides is 1. The van der Waals surface area contributed by atoms with Gasteiger partial charge in [-0.3, -0.25) is 4.79 Å². The first-order chi connectivity index (χ1) is 10.5. The SMILES string of the molecule is CN(C(=O)CCNS(=O)(=O)c1ccc(F)cc1)C(C)(C)C(=O)O. The van der Waals surface area contributed by atoms with Crippen LogP contribution in [-0.2, 0) is 19.6 Å². The third-order valence-corrected chi connectivity index (χ3v) is 4.97. The average Bonchev–Trinajstić information content (AvgIpc) is 2.46. The van der Waals surface area contributed by atoms with Crippen molar-refractivity contribution in [3.8, 4) is 0 Å². The Kier molecular flexibility index (Phi) is 5.84. The number of hydrogen-bond acceptors (Lipinski definition) is 4. The second-order valence-electron chi connectivity index (χ2n) is 5.42. The molecule has 7 nitrogen and oxygen atoms in total. The topological polar surface area (TPSA) is 104 Å². The van der Waals surface area contributed by atoms with Gasteiger partial charge in [0, 0.05) is 20.0 Å². The summed E-state index contributed by atoms with van der Waals surface area (Å²) >= 11 is 0. The van der Waals surface area contributed by atoms with E-state index >= 15 is 0 Å². The highest BCUT2D eigenvalue weighted by molar-refractivity contribution is 7.89. The number of hydrogen-bond donors (Lipinski definition) is 2. The summed E-state index contributed by atoms with van der Waals surface area (Å²) in [4.78, 5) is 23.9. The Morgan fingerprint density at radius 3 is 2.26 bits per heavy atom. The third kappa shape index (κ3) is 4.73. The molecule has 0 fully saturated rings. The standard InChI is InChI=1S/C14H19FN2O5S/c1-14(2,13(19)20)17(3)12(18)8-9-16-23(21,22)11-6-4-10(15)5-7-11/h4-7,16H,8-9H2,1-3H3,(H,19,20). The molecule has 0 radical (unpaired) electrons. The predicted molar refractivity (Wildman–Crippen MR) is 80.7 cm³/mol. The van der Waals surface area contributed by atoms with Gasteiger partial charge in [-0.05, 0) is 38.1 Å². The van der Waals surface area contributed by atoms with E-state index in [2.05, 4.69) is 4.72 Å². The smallest absolute Gasteiger partial charge is 0.329 e. The van der Waals surface area contributed by atoms with E-state index in [-0.39, 0.29) is 17.9 Å². The minimum absolute atomic E-state index is 0.120. The largest absolute Gasteiger partial charge is 0.480 e. The molecule has 0 unspecified atom stereocenters. The highest BCUT2D eigenvalue weighted by Gasteiger charge is 2.34. The summed E-state index contributed by atoms with van der Waals surface area (Å²) < 4.78 is 38.9. The molecule has 0 saturated heterocycles. The molecule has 1 amide bonds. The lowest BCUT2D eigenvalue weighted by molar-refractivity contribution is -0.155. The van der Waals surface area contributed by atoms with Crippen molar-refractivity contribution in [3.63, 3.8) is 0 Å². The van der Waals surface area contributed by atoms with Gasteiger partial charge in [0.05, 0.1) is 4.90 Å². The number of carbonyl (C=O) groups is 2. The molecule has 128 valence electrons. The number of aliphatic carboxylic acids is 1. The Balaban J connectivity index is 2.64. The molecule has 0 bridgehead atoms. The maximum atomic E-state index is 12.8. The second kappa shape index (κ2) is 7.05. The first kappa shape index (κ1) is 19.0. The summed E-state index contributed by atoms with van der Waals surface area (Å²) in [6, 6.07) is 4.25. The second-order valence-corrected chi connectivity index (χ2v) is 7.19. The van der Waals surface area contributed by atoms with Crippen LogP contribution in [0, 0.1) is 5.82 Å². The molecule has 0 aromatic heterocycles. The zero-order valence-corrected chi connectivity index (χ0v) is 13.9. The van der Waals surface area contributed by atoms with Gasteiger partial charge < -0.3 is 10.0 Å². The number of nitrogens with zero attached hydrogens (tertiary/aromatic N) is 1. The van der Waals surface area contributed by atoms with Gasteiger partial charge in [0.25, 0.3) is 0 Å². The average molecular weight is 346 g/mol. The van der Waals surface area contributed by atoms with Gasteiger partial charge in [-0.2, -0.15) is 0 Å². The van der Waals surface area contributed by atoms with Crippen LogP contribution in [0.3, 0.4) is 0 Å². The lowest BCUT2D eigenvalue weighted by Crippen LogP contribution is -2.51. The molecule has 0 heterocycles. The molecule has 9 heteroatoms. The van der Waals surface area contributed by atoms with Crippen molar-refractivity contribution in [2.45, 2.75) is 30.7 Å². The number of carbonyl (C=O) groups excluding carboxylic acids is 1. The minimum atomic E-state index is -3.85. The van der Waals surface area contributed by atoms with E-state index in [0.717, 1.165) is 29.2 Å². The summed E-state index contributed by atoms with van der Waals surface area (Å²) in [5, 5.41) is 9.05. The number of nitrogens with one attached hydrogen (secondary N) is 1. The third-order valence-electron chi connectivity index (χ3n) is 3.49. The van der Waals surface area contributed by atoms with Crippen LogP contribution in [-0.4, -0.2) is 49.4 Å². The molecule has 0 aliphatic heterocycles. The molecule has 0 aliphatic carbocycles. The highest BCUT2D eigenvalue weighted by Crippen LogP contribution is 2.14. The molecule has 23 heavy (non-hydrogen) atoms. The van der Waals surface area contributed by atoms with Crippen LogP contribution in [0.2, 0.25) is 0 Å². The van der Waals surface area contributed by atoms with Crippen molar-refractivity contribution < 1.29 is 27.5 Å². The zero-order valence-electron chi connectivity index (χ0n) is 13.0. The van der Waals surface area contributed by atoms with E-state index in [4.69, 9.17) is 5.11 Å². The summed E-state index contributed by atoms with van der Waals surface area (Å²) in [5.74, 6) is -2.24. The van der Waals surface area contributed by atoms with Gasteiger partial charge in [-0.1, -0.05) is 0 Å². The molecule has 0 saturated carbocycles. The normalized spacial score (nSPS) is 12.0. The fraction of sp³-hybridized carbons (Fsp3) is 0.429. The van der Waals surface area contributed by atoms with Gasteiger partial charge >= 0.3 is 5.97 Å². The molecular formula is C14H19FN2O5S. The van der Waals surface area contributed by atoms with Gasteiger partial charge in [0.1, 0.15) is 11.4 Å². The fourth-order valence-electron chi connectivity index (χ4n) is 1.61. The predicted octanol–water partition coefficient (Wildman–Crippen LogP) is 0.816. The highest BCUT2D eigenvalue weighted by atomic mass is 32.2. The fourth-order valence-corrected chi connectivity index (χ4v) is 2.64. The summed E-state index contributed by atoms with van der Waals surface area (Å²) in [6.07, 6.45) is -0.201. The number of rotatable bonds is 7. The molecule has 1 aromatic carbocycles. The van der Waals surface area contributed by atoms with Crippen molar-refractivity contribution in [1.29, 1.82) is 0 Å². The van der Waals surface area contributed by atoms with Crippen LogP contribution >= 0.6 is 0 Å². The Morgan fingerprint density at radius 2 is 1.78 bits per heavy atom. The van der Waals surface area contributed by atoms with Crippen LogP contribution in [0.25, 0.3) is 0 Å². The summed E-state index contributed by atoms with van der Waals surface area (Å²) in [7, 11) is -2.52. The van der Waals surface area contributed by atoms with E-state index in [1.807, 2.05) is 0 Å². The molecule has 0 atom stereocenters. The Morgan fingerprint density at radius 1 is 1.26 bits per heavy atom. The Bertz CT molecular complexity index is 686. The van der Waals surface area contributed by atoms with E-state index in [1.165, 1.54) is 20.9 Å². The van der Waals surface area contributed by atoms with Gasteiger partial charge in [-0.15, -0.1) is 0 Å². The zero-order chi connectivity index (χ0) is 17.8. The number of likely N-dealkylation sites (N-methyl/N-ethyl adjacent to an activating group) is 1. The maximum absolute atomic E-state index is 12.8. The van der Waals surface area contributed by atoms with Crippen molar-refractivity contribution >= 4 is 21.9 Å². The first-order valence-electron chi connectivity index (χ1n) is 6.74. The Hall–Kier alpha value is -2.00. The Labute approximate surface area is 134 Å². The minimum Gasteiger partial charge on any atom is -0.480 e. The van der Waals surface area contributed by atoms with Crippen molar-refractivity contribution in [2.75, 3.05) is 13.6 Å². The van der Waals surface area contributed by atoms with Gasteiger partial charge in [-0.25, -0.2) is 22.3 Å². The van der Waals surface area contributed by atoms with Crippen LogP contribution < -0.4 is 4.72 Å². The molecular weight excluding hydrogens is 327 g/mol. The van der Waals surface area contributed by atoms with Crippen LogP contribution in [0.15, 0.2) is 29.2 Å². The quantitative estimate of drug-likeness (QED) is 0.760. The number of carboxylic acids is 1. The first-order valence-corrected chi connectivity index (χ1v) is 8.22. The number of carboxylic acid groups (broad SMARTS) is 1. The van der Waals surface area contributed by atoms with Gasteiger partial charge in [0.15, 0.2) is 0 Å². The van der Waals surface area contributed by atoms with Crippen molar-refractivity contribution in [3.05, 3.63) is 30.1 Å². The summed E-state index contributed by atoms with van der Waals surface area (Å²) in [6.45, 7) is 2.55. The van der Waals surface area contributed by atoms with E-state index < -0.39 is 33.3 Å². The van der Waals surface area contributed by atoms with E-state index in [1.54, 1.807) is 0 Å². The van der Waals surface area contributed by atoms with Crippen LogP contribution in [0.4, 0.5) is 4.39 Å². The molecule has 1 rings (SSSR count). The van der Waals surface area contributed by atoms with Gasteiger partial charge in [0.2, 0.25) is 15.9 Å². The molecule has 2 N–H and O–H groups in total. The molecule has 0 spiro atoms. The number of amides is 1. The lowest BCUT2D eigenvalue weighted by atomic mass is 10.0. The van der Waals surface area contributed by atoms with E-state index in [0.29, 0.717) is 0 Å². The number of halogens is 1. The van der Waals surface area contributed by atoms with Crippen molar-refractivity contribution in [2.24, 2.45) is 0 Å². The summed E-state index contributed by atoms with van der Waals surface area (Å²) in [5.41, 5.74) is -1.40. The van der Waals surface area contributed by atoms with Crippen LogP contribution in [0.5, 0.6) is 0 Å². The molecule has 1 aromatic rings. The maximum Gasteiger partial charge on any atom is 0.329 e. The van der Waals surface area contributed by atoms with Crippen molar-refractivity contribution in [1.82, 2.24) is 9.62 Å². The lowest BCUT2D eigenvalue weighted by Gasteiger charge is -2.31. The molecule has 0 aliphatic rings. The van der Waals surface area contributed by atoms with E-state index in [9.17, 15) is 22.4 Å². The van der Waals surface area contributed by atoms with Crippen LogP contribution in [0.1, 0.15) is 20.3 Å².